The number of rotatable bonds is 9. The van der Waals surface area contributed by atoms with Crippen LogP contribution in [0.25, 0.3) is 0 Å². The van der Waals surface area contributed by atoms with Crippen molar-refractivity contribution in [3.63, 3.8) is 0 Å². The van der Waals surface area contributed by atoms with Gasteiger partial charge in [-0.25, -0.2) is 0 Å². The number of ether oxygens (including phenoxy) is 2. The highest BCUT2D eigenvalue weighted by molar-refractivity contribution is 6.32. The van der Waals surface area contributed by atoms with Gasteiger partial charge in [0.1, 0.15) is 13.2 Å². The van der Waals surface area contributed by atoms with Crippen molar-refractivity contribution < 1.29 is 14.3 Å². The Bertz CT molecular complexity index is 809. The number of halogens is 1. The summed E-state index contributed by atoms with van der Waals surface area (Å²) in [7, 11) is 0. The molecule has 1 amide bonds. The summed E-state index contributed by atoms with van der Waals surface area (Å²) < 4.78 is 11.1. The van der Waals surface area contributed by atoms with Crippen LogP contribution in [0.15, 0.2) is 42.5 Å². The van der Waals surface area contributed by atoms with Crippen LogP contribution in [0, 0.1) is 0 Å². The molecule has 156 valence electrons. The van der Waals surface area contributed by atoms with Crippen LogP contribution in [0.4, 0.5) is 0 Å². The third kappa shape index (κ3) is 5.87. The largest absolute Gasteiger partial charge is 0.486 e. The molecule has 0 radical (unpaired) electrons. The van der Waals surface area contributed by atoms with Crippen molar-refractivity contribution in [1.82, 2.24) is 10.2 Å². The molecule has 3 rings (SSSR count). The SMILES string of the molecule is CCN(CC)C(CNC(=O)Cc1cc(Cl)c2c(c1)OCCO2)Cc1ccccc1. The Hall–Kier alpha value is -2.24. The van der Waals surface area contributed by atoms with Gasteiger partial charge < -0.3 is 14.8 Å². The number of carbonyl (C=O) groups is 1. The Morgan fingerprint density at radius 2 is 1.83 bits per heavy atom. The van der Waals surface area contributed by atoms with Gasteiger partial charge in [0.25, 0.3) is 0 Å². The molecule has 5 nitrogen and oxygen atoms in total. The number of fused-ring (bicyclic) bond motifs is 1. The summed E-state index contributed by atoms with van der Waals surface area (Å²) in [6, 6.07) is 14.3. The molecular formula is C23H29ClN2O3. The van der Waals surface area contributed by atoms with Gasteiger partial charge in [-0.3, -0.25) is 9.69 Å². The lowest BCUT2D eigenvalue weighted by atomic mass is 10.0. The van der Waals surface area contributed by atoms with Crippen LogP contribution >= 0.6 is 11.6 Å². The summed E-state index contributed by atoms with van der Waals surface area (Å²) in [5.41, 5.74) is 2.09. The van der Waals surface area contributed by atoms with Gasteiger partial charge in [-0.2, -0.15) is 0 Å². The summed E-state index contributed by atoms with van der Waals surface area (Å²) in [6.07, 6.45) is 1.16. The lowest BCUT2D eigenvalue weighted by Gasteiger charge is -2.30. The van der Waals surface area contributed by atoms with Crippen LogP contribution in [0.2, 0.25) is 5.02 Å². The van der Waals surface area contributed by atoms with Crippen molar-refractivity contribution in [1.29, 1.82) is 0 Å². The quantitative estimate of drug-likeness (QED) is 0.676. The molecule has 1 aliphatic heterocycles. The number of benzene rings is 2. The van der Waals surface area contributed by atoms with E-state index in [0.717, 1.165) is 25.1 Å². The smallest absolute Gasteiger partial charge is 0.224 e. The van der Waals surface area contributed by atoms with E-state index in [9.17, 15) is 4.79 Å². The van der Waals surface area contributed by atoms with E-state index in [-0.39, 0.29) is 18.4 Å². The van der Waals surface area contributed by atoms with Gasteiger partial charge in [0.2, 0.25) is 5.91 Å². The van der Waals surface area contributed by atoms with E-state index in [1.54, 1.807) is 6.07 Å². The summed E-state index contributed by atoms with van der Waals surface area (Å²) in [4.78, 5) is 15.0. The van der Waals surface area contributed by atoms with Crippen LogP contribution in [0.3, 0.4) is 0 Å². The zero-order valence-electron chi connectivity index (χ0n) is 17.1. The third-order valence-corrected chi connectivity index (χ3v) is 5.48. The maximum absolute atomic E-state index is 12.6. The molecule has 0 aromatic heterocycles. The first-order valence-corrected chi connectivity index (χ1v) is 10.6. The molecule has 0 aliphatic carbocycles. The molecule has 1 unspecified atom stereocenters. The summed E-state index contributed by atoms with van der Waals surface area (Å²) in [6.45, 7) is 7.78. The standard InChI is InChI=1S/C23H29ClN2O3/c1-3-26(4-2)19(12-17-8-6-5-7-9-17)16-25-22(27)15-18-13-20(24)23-21(14-18)28-10-11-29-23/h5-9,13-14,19H,3-4,10-12,15-16H2,1-2H3,(H,25,27). The number of likely N-dealkylation sites (N-methyl/N-ethyl adjacent to an activating group) is 1. The first-order chi connectivity index (χ1) is 14.1. The van der Waals surface area contributed by atoms with Gasteiger partial charge in [-0.1, -0.05) is 55.8 Å². The molecule has 0 spiro atoms. The lowest BCUT2D eigenvalue weighted by Crippen LogP contribution is -2.45. The maximum atomic E-state index is 12.6. The van der Waals surface area contributed by atoms with E-state index in [2.05, 4.69) is 48.3 Å². The normalized spacial score (nSPS) is 13.9. The van der Waals surface area contributed by atoms with Crippen LogP contribution < -0.4 is 14.8 Å². The highest BCUT2D eigenvalue weighted by Crippen LogP contribution is 2.38. The van der Waals surface area contributed by atoms with Crippen molar-refractivity contribution in [2.75, 3.05) is 32.8 Å². The van der Waals surface area contributed by atoms with Crippen LogP contribution in [-0.2, 0) is 17.6 Å². The topological polar surface area (TPSA) is 50.8 Å². The van der Waals surface area contributed by atoms with E-state index < -0.39 is 0 Å². The Balaban J connectivity index is 1.61. The Kier molecular flexibility index (Phi) is 7.78. The molecule has 1 aliphatic rings. The van der Waals surface area contributed by atoms with Gasteiger partial charge >= 0.3 is 0 Å². The molecule has 0 saturated carbocycles. The van der Waals surface area contributed by atoms with Crippen molar-refractivity contribution in [2.24, 2.45) is 0 Å². The second-order valence-electron chi connectivity index (χ2n) is 7.15. The van der Waals surface area contributed by atoms with Crippen molar-refractivity contribution in [2.45, 2.75) is 32.7 Å². The minimum absolute atomic E-state index is 0.0250. The van der Waals surface area contributed by atoms with E-state index in [1.165, 1.54) is 5.56 Å². The Labute approximate surface area is 177 Å². The summed E-state index contributed by atoms with van der Waals surface area (Å²) in [5.74, 6) is 1.14. The number of amides is 1. The average molecular weight is 417 g/mol. The van der Waals surface area contributed by atoms with Gasteiger partial charge in [0.05, 0.1) is 11.4 Å². The zero-order valence-corrected chi connectivity index (χ0v) is 17.9. The van der Waals surface area contributed by atoms with E-state index in [4.69, 9.17) is 21.1 Å². The minimum Gasteiger partial charge on any atom is -0.486 e. The molecule has 1 heterocycles. The van der Waals surface area contributed by atoms with Gasteiger partial charge in [0, 0.05) is 12.6 Å². The van der Waals surface area contributed by atoms with Crippen LogP contribution in [0.1, 0.15) is 25.0 Å². The van der Waals surface area contributed by atoms with Crippen molar-refractivity contribution >= 4 is 17.5 Å². The molecule has 0 fully saturated rings. The number of nitrogens with zero attached hydrogens (tertiary/aromatic N) is 1. The molecule has 0 saturated heterocycles. The third-order valence-electron chi connectivity index (χ3n) is 5.20. The lowest BCUT2D eigenvalue weighted by molar-refractivity contribution is -0.120. The van der Waals surface area contributed by atoms with E-state index >= 15 is 0 Å². The molecule has 1 N–H and O–H groups in total. The highest BCUT2D eigenvalue weighted by atomic mass is 35.5. The molecule has 6 heteroatoms. The van der Waals surface area contributed by atoms with Crippen molar-refractivity contribution in [3.05, 3.63) is 58.6 Å². The predicted molar refractivity (Wildman–Crippen MR) is 116 cm³/mol. The number of carbonyl (C=O) groups excluding carboxylic acids is 1. The van der Waals surface area contributed by atoms with Crippen LogP contribution in [0.5, 0.6) is 11.5 Å². The molecule has 2 aromatic rings. The second kappa shape index (κ2) is 10.5. The molecular weight excluding hydrogens is 388 g/mol. The Morgan fingerprint density at radius 1 is 1.10 bits per heavy atom. The molecule has 0 bridgehead atoms. The monoisotopic (exact) mass is 416 g/mol. The zero-order chi connectivity index (χ0) is 20.6. The number of nitrogens with one attached hydrogen (secondary N) is 1. The highest BCUT2D eigenvalue weighted by Gasteiger charge is 2.20. The predicted octanol–water partition coefficient (Wildman–Crippen LogP) is 3.72. The van der Waals surface area contributed by atoms with Gasteiger partial charge in [0.15, 0.2) is 11.5 Å². The average Bonchev–Trinajstić information content (AvgIpc) is 2.73. The Morgan fingerprint density at radius 3 is 2.55 bits per heavy atom. The maximum Gasteiger partial charge on any atom is 0.224 e. The van der Waals surface area contributed by atoms with E-state index in [1.807, 2.05) is 12.1 Å². The number of hydrogen-bond donors (Lipinski definition) is 1. The van der Waals surface area contributed by atoms with E-state index in [0.29, 0.717) is 36.3 Å². The molecule has 2 aromatic carbocycles. The van der Waals surface area contributed by atoms with Crippen LogP contribution in [-0.4, -0.2) is 49.7 Å². The summed E-state index contributed by atoms with van der Waals surface area (Å²) in [5, 5.41) is 3.59. The molecule has 29 heavy (non-hydrogen) atoms. The first-order valence-electron chi connectivity index (χ1n) is 10.2. The number of hydrogen-bond acceptors (Lipinski definition) is 4. The summed E-state index contributed by atoms with van der Waals surface area (Å²) >= 11 is 6.28. The van der Waals surface area contributed by atoms with Gasteiger partial charge in [-0.05, 0) is 42.8 Å². The first kappa shape index (κ1) is 21.5. The van der Waals surface area contributed by atoms with Crippen molar-refractivity contribution in [3.8, 4) is 11.5 Å². The fourth-order valence-electron chi connectivity index (χ4n) is 3.70. The fraction of sp³-hybridized carbons (Fsp3) is 0.435. The van der Waals surface area contributed by atoms with Gasteiger partial charge in [-0.15, -0.1) is 0 Å². The second-order valence-corrected chi connectivity index (χ2v) is 7.55. The molecule has 1 atom stereocenters. The minimum atomic E-state index is -0.0250. The fourth-order valence-corrected chi connectivity index (χ4v) is 3.99.